The number of carbonyl (C=O) groups excluding carboxylic acids is 1. The van der Waals surface area contributed by atoms with Crippen LogP contribution in [-0.4, -0.2) is 32.4 Å². The molecule has 1 atom stereocenters. The Balaban J connectivity index is 2.39. The first kappa shape index (κ1) is 25.3. The average molecular weight is 488 g/mol. The first-order chi connectivity index (χ1) is 14.5. The van der Waals surface area contributed by atoms with Crippen LogP contribution in [0.15, 0.2) is 41.3 Å². The molecule has 2 aromatic rings. The van der Waals surface area contributed by atoms with Gasteiger partial charge in [0.25, 0.3) is 0 Å². The molecule has 0 spiro atoms. The minimum Gasteiger partial charge on any atom is -0.493 e. The first-order valence-electron chi connectivity index (χ1n) is 9.87. The van der Waals surface area contributed by atoms with Gasteiger partial charge in [0, 0.05) is 18.5 Å². The summed E-state index contributed by atoms with van der Waals surface area (Å²) in [5.74, 6) is 0.138. The molecule has 0 N–H and O–H groups in total. The molecule has 6 nitrogen and oxygen atoms in total. The van der Waals surface area contributed by atoms with Gasteiger partial charge in [-0.15, -0.1) is 0 Å². The third-order valence-corrected chi connectivity index (χ3v) is 6.83. The number of amides is 1. The number of hydrogen-bond acceptors (Lipinski definition) is 5. The molecular formula is C22H27Cl2NO5S. The van der Waals surface area contributed by atoms with Crippen molar-refractivity contribution < 1.29 is 22.1 Å². The summed E-state index contributed by atoms with van der Waals surface area (Å²) in [6.07, 6.45) is 0.795. The number of methoxy groups -OCH3 is 1. The highest BCUT2D eigenvalue weighted by Gasteiger charge is 2.24. The minimum absolute atomic E-state index is 0.0205. The zero-order valence-corrected chi connectivity index (χ0v) is 20.5. The van der Waals surface area contributed by atoms with E-state index in [1.165, 1.54) is 25.3 Å². The lowest BCUT2D eigenvalue weighted by atomic mass is 10.1. The van der Waals surface area contributed by atoms with Crippen molar-refractivity contribution in [2.24, 2.45) is 5.92 Å². The number of ether oxygens (including phenoxy) is 1. The van der Waals surface area contributed by atoms with Crippen molar-refractivity contribution in [1.29, 1.82) is 0 Å². The Labute approximate surface area is 194 Å². The Bertz CT molecular complexity index is 1040. The van der Waals surface area contributed by atoms with E-state index in [0.717, 1.165) is 12.0 Å². The fraction of sp³-hybridized carbons (Fsp3) is 0.409. The van der Waals surface area contributed by atoms with E-state index < -0.39 is 10.1 Å². The minimum atomic E-state index is -4.18. The highest BCUT2D eigenvalue weighted by Crippen LogP contribution is 2.33. The Morgan fingerprint density at radius 1 is 1.03 bits per heavy atom. The quantitative estimate of drug-likeness (QED) is 0.433. The summed E-state index contributed by atoms with van der Waals surface area (Å²) < 4.78 is 36.2. The van der Waals surface area contributed by atoms with Crippen molar-refractivity contribution in [2.45, 2.75) is 51.6 Å². The van der Waals surface area contributed by atoms with Crippen LogP contribution in [0, 0.1) is 5.92 Å². The maximum Gasteiger partial charge on any atom is 0.339 e. The van der Waals surface area contributed by atoms with Gasteiger partial charge in [-0.3, -0.25) is 4.79 Å². The van der Waals surface area contributed by atoms with Crippen LogP contribution >= 0.6 is 23.2 Å². The van der Waals surface area contributed by atoms with E-state index in [1.54, 1.807) is 23.1 Å². The van der Waals surface area contributed by atoms with Crippen LogP contribution < -0.4 is 8.92 Å². The van der Waals surface area contributed by atoms with Gasteiger partial charge in [-0.05, 0) is 49.2 Å². The summed E-state index contributed by atoms with van der Waals surface area (Å²) in [4.78, 5) is 14.3. The van der Waals surface area contributed by atoms with E-state index in [-0.39, 0.29) is 44.3 Å². The molecule has 0 saturated heterocycles. The fourth-order valence-corrected chi connectivity index (χ4v) is 4.21. The zero-order valence-electron chi connectivity index (χ0n) is 18.2. The molecule has 0 unspecified atom stereocenters. The van der Waals surface area contributed by atoms with Gasteiger partial charge < -0.3 is 13.8 Å². The van der Waals surface area contributed by atoms with Gasteiger partial charge in [-0.1, -0.05) is 50.0 Å². The summed E-state index contributed by atoms with van der Waals surface area (Å²) in [5.41, 5.74) is 0.717. The summed E-state index contributed by atoms with van der Waals surface area (Å²) in [7, 11) is -2.77. The van der Waals surface area contributed by atoms with Crippen LogP contribution in [0.25, 0.3) is 0 Å². The van der Waals surface area contributed by atoms with Crippen molar-refractivity contribution in [2.75, 3.05) is 7.11 Å². The van der Waals surface area contributed by atoms with Gasteiger partial charge in [-0.2, -0.15) is 8.42 Å². The van der Waals surface area contributed by atoms with E-state index in [1.807, 2.05) is 27.7 Å². The molecular weight excluding hydrogens is 461 g/mol. The lowest BCUT2D eigenvalue weighted by Gasteiger charge is -2.30. The lowest BCUT2D eigenvalue weighted by molar-refractivity contribution is -0.137. The molecule has 2 aromatic carbocycles. The molecule has 0 radical (unpaired) electrons. The van der Waals surface area contributed by atoms with Gasteiger partial charge in [0.2, 0.25) is 5.91 Å². The van der Waals surface area contributed by atoms with Crippen LogP contribution in [0.1, 0.15) is 39.7 Å². The molecule has 0 aromatic heterocycles. The highest BCUT2D eigenvalue weighted by molar-refractivity contribution is 7.87. The topological polar surface area (TPSA) is 72.9 Å². The Morgan fingerprint density at radius 2 is 1.71 bits per heavy atom. The Hall–Kier alpha value is -1.96. The fourth-order valence-electron chi connectivity index (χ4n) is 2.88. The predicted molar refractivity (Wildman–Crippen MR) is 122 cm³/mol. The Morgan fingerprint density at radius 3 is 2.26 bits per heavy atom. The predicted octanol–water partition coefficient (Wildman–Crippen LogP) is 5.55. The maximum absolute atomic E-state index is 12.8. The maximum atomic E-state index is 12.8. The molecule has 31 heavy (non-hydrogen) atoms. The third-order valence-electron chi connectivity index (χ3n) is 4.86. The second-order valence-electron chi connectivity index (χ2n) is 7.48. The largest absolute Gasteiger partial charge is 0.493 e. The van der Waals surface area contributed by atoms with Crippen molar-refractivity contribution >= 4 is 39.2 Å². The zero-order chi connectivity index (χ0) is 23.3. The van der Waals surface area contributed by atoms with Crippen LogP contribution in [0.5, 0.6) is 11.5 Å². The first-order valence-corrected chi connectivity index (χ1v) is 12.0. The average Bonchev–Trinajstić information content (AvgIpc) is 2.72. The Kier molecular flexibility index (Phi) is 8.63. The van der Waals surface area contributed by atoms with E-state index in [9.17, 15) is 13.2 Å². The standard InChI is InChI=1S/C22H27Cl2NO5S/c1-6-15(4)25(22(26)14(2)3)13-16-7-10-20(29-5)21(11-16)30-31(27,28)17-8-9-18(23)19(24)12-17/h7-12,14-15H,6,13H2,1-5H3/t15-/m0/s1. The van der Waals surface area contributed by atoms with Crippen molar-refractivity contribution in [1.82, 2.24) is 4.90 Å². The lowest BCUT2D eigenvalue weighted by Crippen LogP contribution is -2.40. The number of benzene rings is 2. The van der Waals surface area contributed by atoms with Crippen LogP contribution in [0.3, 0.4) is 0 Å². The second-order valence-corrected chi connectivity index (χ2v) is 9.84. The number of hydrogen-bond donors (Lipinski definition) is 0. The molecule has 170 valence electrons. The summed E-state index contributed by atoms with van der Waals surface area (Å²) in [6, 6.07) is 8.91. The van der Waals surface area contributed by atoms with Gasteiger partial charge >= 0.3 is 10.1 Å². The molecule has 0 fully saturated rings. The SMILES string of the molecule is CC[C@H](C)N(Cc1ccc(OC)c(OS(=O)(=O)c2ccc(Cl)c(Cl)c2)c1)C(=O)C(C)C. The van der Waals surface area contributed by atoms with Crippen molar-refractivity contribution in [3.8, 4) is 11.5 Å². The molecule has 0 aliphatic rings. The van der Waals surface area contributed by atoms with E-state index >= 15 is 0 Å². The molecule has 0 saturated carbocycles. The van der Waals surface area contributed by atoms with Crippen LogP contribution in [0.2, 0.25) is 10.0 Å². The molecule has 9 heteroatoms. The van der Waals surface area contributed by atoms with Gasteiger partial charge in [-0.25, -0.2) is 0 Å². The molecule has 0 heterocycles. The van der Waals surface area contributed by atoms with Crippen LogP contribution in [0.4, 0.5) is 0 Å². The van der Waals surface area contributed by atoms with E-state index in [0.29, 0.717) is 6.54 Å². The molecule has 0 aliphatic heterocycles. The van der Waals surface area contributed by atoms with Crippen LogP contribution in [-0.2, 0) is 21.5 Å². The van der Waals surface area contributed by atoms with E-state index in [4.69, 9.17) is 32.1 Å². The number of nitrogens with zero attached hydrogens (tertiary/aromatic N) is 1. The third kappa shape index (κ3) is 6.28. The molecule has 0 aliphatic carbocycles. The summed E-state index contributed by atoms with van der Waals surface area (Å²) in [5, 5.41) is 0.337. The summed E-state index contributed by atoms with van der Waals surface area (Å²) in [6.45, 7) is 8.01. The smallest absolute Gasteiger partial charge is 0.339 e. The highest BCUT2D eigenvalue weighted by atomic mass is 35.5. The molecule has 2 rings (SSSR count). The summed E-state index contributed by atoms with van der Waals surface area (Å²) >= 11 is 11.8. The number of halogens is 2. The molecule has 0 bridgehead atoms. The van der Waals surface area contributed by atoms with Gasteiger partial charge in [0.15, 0.2) is 11.5 Å². The van der Waals surface area contributed by atoms with Crippen molar-refractivity contribution in [3.63, 3.8) is 0 Å². The van der Waals surface area contributed by atoms with Crippen molar-refractivity contribution in [3.05, 3.63) is 52.0 Å². The molecule has 1 amide bonds. The van der Waals surface area contributed by atoms with E-state index in [2.05, 4.69) is 0 Å². The number of rotatable bonds is 9. The number of carbonyl (C=O) groups is 1. The normalized spacial score (nSPS) is 12.5. The van der Waals surface area contributed by atoms with Gasteiger partial charge in [0.1, 0.15) is 4.90 Å². The monoisotopic (exact) mass is 487 g/mol. The second kappa shape index (κ2) is 10.6. The van der Waals surface area contributed by atoms with Gasteiger partial charge in [0.05, 0.1) is 17.2 Å².